The molecule has 1 aliphatic rings. The Morgan fingerprint density at radius 2 is 1.87 bits per heavy atom. The molecule has 0 amide bonds. The summed E-state index contributed by atoms with van der Waals surface area (Å²) in [5.41, 5.74) is 7.31. The summed E-state index contributed by atoms with van der Waals surface area (Å²) >= 11 is 0. The van der Waals surface area contributed by atoms with Crippen LogP contribution in [-0.2, 0) is 0 Å². The molecule has 1 unspecified atom stereocenters. The van der Waals surface area contributed by atoms with Gasteiger partial charge < -0.3 is 15.2 Å². The third-order valence-corrected chi connectivity index (χ3v) is 4.80. The molecule has 1 fully saturated rings. The zero-order valence-corrected chi connectivity index (χ0v) is 15.0. The minimum atomic E-state index is 0.130. The topological polar surface area (TPSA) is 47.7 Å². The van der Waals surface area contributed by atoms with E-state index < -0.39 is 0 Å². The number of benzene rings is 1. The van der Waals surface area contributed by atoms with Crippen LogP contribution in [0.3, 0.4) is 0 Å². The van der Waals surface area contributed by atoms with Crippen LogP contribution in [0.1, 0.15) is 57.6 Å². The van der Waals surface area contributed by atoms with Crippen LogP contribution < -0.4 is 15.2 Å². The lowest BCUT2D eigenvalue weighted by Gasteiger charge is -2.37. The predicted molar refractivity (Wildman–Crippen MR) is 95.2 cm³/mol. The molecule has 1 aromatic carbocycles. The van der Waals surface area contributed by atoms with Gasteiger partial charge in [-0.1, -0.05) is 25.3 Å². The fourth-order valence-corrected chi connectivity index (χ4v) is 3.52. The van der Waals surface area contributed by atoms with Crippen LogP contribution in [0.2, 0.25) is 0 Å². The normalized spacial score (nSPS) is 17.5. The van der Waals surface area contributed by atoms with E-state index >= 15 is 0 Å². The van der Waals surface area contributed by atoms with Gasteiger partial charge in [0.05, 0.1) is 13.2 Å². The van der Waals surface area contributed by atoms with Gasteiger partial charge in [0.2, 0.25) is 0 Å². The van der Waals surface area contributed by atoms with E-state index in [4.69, 9.17) is 15.2 Å². The zero-order valence-electron chi connectivity index (χ0n) is 15.0. The maximum absolute atomic E-state index is 6.11. The van der Waals surface area contributed by atoms with E-state index in [0.29, 0.717) is 12.6 Å². The van der Waals surface area contributed by atoms with E-state index in [1.807, 2.05) is 19.9 Å². The van der Waals surface area contributed by atoms with E-state index in [9.17, 15) is 0 Å². The number of nitrogens with zero attached hydrogens (tertiary/aromatic N) is 1. The molecule has 23 heavy (non-hydrogen) atoms. The highest BCUT2D eigenvalue weighted by atomic mass is 16.5. The number of rotatable bonds is 7. The van der Waals surface area contributed by atoms with Crippen molar-refractivity contribution in [1.82, 2.24) is 4.90 Å². The van der Waals surface area contributed by atoms with Crippen molar-refractivity contribution in [1.29, 1.82) is 0 Å². The highest BCUT2D eigenvalue weighted by molar-refractivity contribution is 5.44. The van der Waals surface area contributed by atoms with Gasteiger partial charge in [-0.2, -0.15) is 0 Å². The fraction of sp³-hybridized carbons (Fsp3) is 0.684. The molecule has 2 rings (SSSR count). The van der Waals surface area contributed by atoms with Crippen molar-refractivity contribution < 1.29 is 9.47 Å². The highest BCUT2D eigenvalue weighted by Crippen LogP contribution is 2.34. The summed E-state index contributed by atoms with van der Waals surface area (Å²) in [6.07, 6.45) is 6.71. The molecule has 1 aromatic rings. The average molecular weight is 320 g/mol. The fourth-order valence-electron chi connectivity index (χ4n) is 3.52. The van der Waals surface area contributed by atoms with Crippen molar-refractivity contribution in [2.75, 3.05) is 20.7 Å². The van der Waals surface area contributed by atoms with Crippen LogP contribution >= 0.6 is 0 Å². The predicted octanol–water partition coefficient (Wildman–Crippen LogP) is 3.75. The van der Waals surface area contributed by atoms with Crippen LogP contribution in [0.5, 0.6) is 11.5 Å². The SMILES string of the molecule is COc1cc(C(CN)N(C)C2CCCCC2)ccc1OC(C)C. The Bertz CT molecular complexity index is 484. The molecule has 0 aromatic heterocycles. The van der Waals surface area contributed by atoms with Crippen LogP contribution in [0.15, 0.2) is 18.2 Å². The molecule has 130 valence electrons. The molecule has 0 spiro atoms. The van der Waals surface area contributed by atoms with Crippen molar-refractivity contribution >= 4 is 0 Å². The van der Waals surface area contributed by atoms with Gasteiger partial charge in [0.25, 0.3) is 0 Å². The highest BCUT2D eigenvalue weighted by Gasteiger charge is 2.25. The van der Waals surface area contributed by atoms with Crippen LogP contribution in [0, 0.1) is 0 Å². The molecule has 2 N–H and O–H groups in total. The van der Waals surface area contributed by atoms with Crippen molar-refractivity contribution in [2.45, 2.75) is 64.1 Å². The maximum atomic E-state index is 6.11. The first-order valence-electron chi connectivity index (χ1n) is 8.83. The smallest absolute Gasteiger partial charge is 0.161 e. The van der Waals surface area contributed by atoms with Crippen molar-refractivity contribution in [3.63, 3.8) is 0 Å². The summed E-state index contributed by atoms with van der Waals surface area (Å²) in [7, 11) is 3.90. The van der Waals surface area contributed by atoms with Gasteiger partial charge in [0.1, 0.15) is 0 Å². The number of hydrogen-bond acceptors (Lipinski definition) is 4. The second-order valence-electron chi connectivity index (χ2n) is 6.79. The minimum Gasteiger partial charge on any atom is -0.493 e. The molecule has 4 nitrogen and oxygen atoms in total. The van der Waals surface area contributed by atoms with Gasteiger partial charge in [0.15, 0.2) is 11.5 Å². The van der Waals surface area contributed by atoms with E-state index in [2.05, 4.69) is 24.1 Å². The number of nitrogens with two attached hydrogens (primary N) is 1. The van der Waals surface area contributed by atoms with Gasteiger partial charge in [-0.05, 0) is 51.4 Å². The number of likely N-dealkylation sites (N-methyl/N-ethyl adjacent to an activating group) is 1. The molecule has 0 saturated heterocycles. The molecule has 1 saturated carbocycles. The summed E-state index contributed by atoms with van der Waals surface area (Å²) in [4.78, 5) is 2.46. The molecule has 0 radical (unpaired) electrons. The van der Waals surface area contributed by atoms with Gasteiger partial charge in [-0.15, -0.1) is 0 Å². The number of ether oxygens (including phenoxy) is 2. The van der Waals surface area contributed by atoms with E-state index in [1.54, 1.807) is 7.11 Å². The molecule has 4 heteroatoms. The lowest BCUT2D eigenvalue weighted by molar-refractivity contribution is 0.140. The third kappa shape index (κ3) is 4.61. The maximum Gasteiger partial charge on any atom is 0.161 e. The molecule has 0 aliphatic heterocycles. The Balaban J connectivity index is 2.19. The van der Waals surface area contributed by atoms with Gasteiger partial charge in [-0.25, -0.2) is 0 Å². The first-order valence-corrected chi connectivity index (χ1v) is 8.83. The zero-order chi connectivity index (χ0) is 16.8. The van der Waals surface area contributed by atoms with Crippen molar-refractivity contribution in [3.05, 3.63) is 23.8 Å². The lowest BCUT2D eigenvalue weighted by Crippen LogP contribution is -2.39. The Morgan fingerprint density at radius 3 is 2.43 bits per heavy atom. The monoisotopic (exact) mass is 320 g/mol. The van der Waals surface area contributed by atoms with Gasteiger partial charge in [-0.3, -0.25) is 4.90 Å². The van der Waals surface area contributed by atoms with Gasteiger partial charge in [0, 0.05) is 18.6 Å². The second kappa shape index (κ2) is 8.55. The molecular formula is C19H32N2O2. The minimum absolute atomic E-state index is 0.130. The average Bonchev–Trinajstić information content (AvgIpc) is 2.56. The van der Waals surface area contributed by atoms with E-state index in [0.717, 1.165) is 11.5 Å². The molecule has 1 atom stereocenters. The Labute approximate surface area is 140 Å². The number of hydrogen-bond donors (Lipinski definition) is 1. The lowest BCUT2D eigenvalue weighted by atomic mass is 9.92. The Hall–Kier alpha value is -1.26. The first kappa shape index (κ1) is 18.1. The summed E-state index contributed by atoms with van der Waals surface area (Å²) in [5.74, 6) is 1.58. The Kier molecular flexibility index (Phi) is 6.72. The molecule has 0 bridgehead atoms. The standard InChI is InChI=1S/C19H32N2O2/c1-14(2)23-18-11-10-15(12-19(18)22-4)17(13-20)21(3)16-8-6-5-7-9-16/h10-12,14,16-17H,5-9,13,20H2,1-4H3. The second-order valence-corrected chi connectivity index (χ2v) is 6.79. The first-order chi connectivity index (χ1) is 11.1. The van der Waals surface area contributed by atoms with Crippen molar-refractivity contribution in [2.24, 2.45) is 5.73 Å². The van der Waals surface area contributed by atoms with Crippen molar-refractivity contribution in [3.8, 4) is 11.5 Å². The van der Waals surface area contributed by atoms with Crippen LogP contribution in [-0.4, -0.2) is 37.7 Å². The largest absolute Gasteiger partial charge is 0.493 e. The molecule has 0 heterocycles. The molecule has 1 aliphatic carbocycles. The van der Waals surface area contributed by atoms with Gasteiger partial charge >= 0.3 is 0 Å². The summed E-state index contributed by atoms with van der Waals surface area (Å²) in [5, 5.41) is 0. The number of methoxy groups -OCH3 is 1. The van der Waals surface area contributed by atoms with E-state index in [1.165, 1.54) is 37.7 Å². The third-order valence-electron chi connectivity index (χ3n) is 4.80. The summed E-state index contributed by atoms with van der Waals surface area (Å²) in [6, 6.07) is 7.06. The molecular weight excluding hydrogens is 288 g/mol. The van der Waals surface area contributed by atoms with Crippen LogP contribution in [0.25, 0.3) is 0 Å². The van der Waals surface area contributed by atoms with E-state index in [-0.39, 0.29) is 12.1 Å². The summed E-state index contributed by atoms with van der Waals surface area (Å²) < 4.78 is 11.3. The quantitative estimate of drug-likeness (QED) is 0.831. The summed E-state index contributed by atoms with van der Waals surface area (Å²) in [6.45, 7) is 4.65. The Morgan fingerprint density at radius 1 is 1.17 bits per heavy atom. The van der Waals surface area contributed by atoms with Crippen LogP contribution in [0.4, 0.5) is 0 Å².